The van der Waals surface area contributed by atoms with Gasteiger partial charge in [-0.25, -0.2) is 15.0 Å². The van der Waals surface area contributed by atoms with Gasteiger partial charge in [0.05, 0.1) is 0 Å². The Morgan fingerprint density at radius 1 is 0.444 bits per heavy atom. The molecule has 0 spiro atoms. The first-order chi connectivity index (χ1) is 17.7. The van der Waals surface area contributed by atoms with Crippen LogP contribution in [0.4, 0.5) is 0 Å². The van der Waals surface area contributed by atoms with Crippen molar-refractivity contribution in [2.75, 3.05) is 19.8 Å². The molecule has 6 nitrogen and oxygen atoms in total. The Bertz CT molecular complexity index is 1250. The first kappa shape index (κ1) is 23.9. The molecule has 174 valence electrons. The molecule has 0 aliphatic rings. The normalized spacial score (nSPS) is 9.92. The molecule has 1 heterocycles. The lowest BCUT2D eigenvalue weighted by molar-refractivity contribution is 0.370. The largest absolute Gasteiger partial charge is 0.481 e. The van der Waals surface area contributed by atoms with Crippen molar-refractivity contribution < 1.29 is 14.2 Å². The molecule has 0 amide bonds. The van der Waals surface area contributed by atoms with Crippen molar-refractivity contribution in [3.05, 3.63) is 72.8 Å². The molecule has 0 N–H and O–H groups in total. The fourth-order valence-corrected chi connectivity index (χ4v) is 3.24. The summed E-state index contributed by atoms with van der Waals surface area (Å²) in [5.74, 6) is 10.9. The van der Waals surface area contributed by atoms with Crippen LogP contribution in [0.15, 0.2) is 72.8 Å². The Kier molecular flexibility index (Phi) is 7.80. The van der Waals surface area contributed by atoms with Gasteiger partial charge >= 0.3 is 0 Å². The Balaban J connectivity index is 1.72. The van der Waals surface area contributed by atoms with Crippen molar-refractivity contribution >= 4 is 0 Å². The summed E-state index contributed by atoms with van der Waals surface area (Å²) in [6, 6.07) is 22.2. The number of ether oxygens (including phenoxy) is 3. The maximum absolute atomic E-state index is 5.47. The molecule has 0 aliphatic heterocycles. The van der Waals surface area contributed by atoms with Crippen molar-refractivity contribution in [3.8, 4) is 88.4 Å². The summed E-state index contributed by atoms with van der Waals surface area (Å²) in [5.41, 5.74) is 2.41. The van der Waals surface area contributed by atoms with Gasteiger partial charge in [-0.2, -0.15) is 0 Å². The Morgan fingerprint density at radius 3 is 0.917 bits per heavy atom. The van der Waals surface area contributed by atoms with Gasteiger partial charge < -0.3 is 14.2 Å². The minimum absolute atomic E-state index is 0.196. The molecule has 36 heavy (non-hydrogen) atoms. The van der Waals surface area contributed by atoms with E-state index in [-0.39, 0.29) is 19.8 Å². The predicted molar refractivity (Wildman–Crippen MR) is 139 cm³/mol. The molecule has 4 aromatic rings. The zero-order chi connectivity index (χ0) is 25.2. The molecule has 4 rings (SSSR count). The average Bonchev–Trinajstić information content (AvgIpc) is 2.94. The van der Waals surface area contributed by atoms with E-state index in [0.717, 1.165) is 16.7 Å². The highest BCUT2D eigenvalue weighted by molar-refractivity contribution is 5.67. The quantitative estimate of drug-likeness (QED) is 0.323. The molecule has 0 bridgehead atoms. The third kappa shape index (κ3) is 6.00. The lowest BCUT2D eigenvalue weighted by atomic mass is 10.1. The summed E-state index contributed by atoms with van der Waals surface area (Å²) in [4.78, 5) is 14.2. The molecular weight excluding hydrogens is 450 g/mol. The first-order valence-corrected chi connectivity index (χ1v) is 11.0. The van der Waals surface area contributed by atoms with Gasteiger partial charge in [0.1, 0.15) is 37.1 Å². The predicted octanol–water partition coefficient (Wildman–Crippen LogP) is 4.91. The van der Waals surface area contributed by atoms with Crippen molar-refractivity contribution in [3.63, 3.8) is 0 Å². The van der Waals surface area contributed by atoms with Crippen LogP contribution in [-0.4, -0.2) is 34.8 Å². The lowest BCUT2D eigenvalue weighted by Gasteiger charge is -2.10. The Morgan fingerprint density at radius 2 is 0.694 bits per heavy atom. The number of hydrogen-bond donors (Lipinski definition) is 0. The van der Waals surface area contributed by atoms with E-state index in [4.69, 9.17) is 48.4 Å². The monoisotopic (exact) mass is 471 g/mol. The molecule has 0 aliphatic carbocycles. The number of hydrogen-bond acceptors (Lipinski definition) is 6. The van der Waals surface area contributed by atoms with Gasteiger partial charge in [-0.3, -0.25) is 0 Å². The third-order valence-electron chi connectivity index (χ3n) is 4.94. The zero-order valence-electron chi connectivity index (χ0n) is 19.3. The van der Waals surface area contributed by atoms with Crippen LogP contribution < -0.4 is 14.2 Å². The topological polar surface area (TPSA) is 66.4 Å². The van der Waals surface area contributed by atoms with E-state index in [1.165, 1.54) is 0 Å². The van der Waals surface area contributed by atoms with Crippen LogP contribution in [0.5, 0.6) is 17.2 Å². The van der Waals surface area contributed by atoms with Gasteiger partial charge in [0.15, 0.2) is 17.5 Å². The van der Waals surface area contributed by atoms with Gasteiger partial charge in [-0.1, -0.05) is 17.8 Å². The molecule has 0 saturated carbocycles. The van der Waals surface area contributed by atoms with Crippen LogP contribution in [0.1, 0.15) is 0 Å². The van der Waals surface area contributed by atoms with E-state index in [0.29, 0.717) is 34.7 Å². The molecule has 1 aromatic heterocycles. The lowest BCUT2D eigenvalue weighted by Crippen LogP contribution is -2.01. The number of rotatable bonds is 9. The molecule has 6 heteroatoms. The van der Waals surface area contributed by atoms with Gasteiger partial charge in [0.25, 0.3) is 0 Å². The summed E-state index contributed by atoms with van der Waals surface area (Å²) in [5, 5.41) is 0. The number of aromatic nitrogens is 3. The second-order valence-corrected chi connectivity index (χ2v) is 7.36. The fraction of sp³-hybridized carbons (Fsp3) is 0.100. The standard InChI is InChI=1S/C30H21N3O3/c1-4-19-34-25-13-7-22(8-14-25)28-31-29(23-9-15-26(16-10-23)35-20-5-2)33-30(32-28)24-11-17-27(18-12-24)36-21-6-3/h1-3,7-18H,19-21H2. The van der Waals surface area contributed by atoms with E-state index in [1.807, 2.05) is 72.8 Å². The van der Waals surface area contributed by atoms with Crippen LogP contribution in [0, 0.1) is 37.0 Å². The van der Waals surface area contributed by atoms with Gasteiger partial charge in [-0.05, 0) is 72.8 Å². The smallest absolute Gasteiger partial charge is 0.164 e. The van der Waals surface area contributed by atoms with Gasteiger partial charge in [0, 0.05) is 16.7 Å². The summed E-state index contributed by atoms with van der Waals surface area (Å²) in [6.07, 6.45) is 15.8. The highest BCUT2D eigenvalue weighted by Crippen LogP contribution is 2.27. The zero-order valence-corrected chi connectivity index (χ0v) is 19.3. The van der Waals surface area contributed by atoms with E-state index < -0.39 is 0 Å². The minimum Gasteiger partial charge on any atom is -0.481 e. The van der Waals surface area contributed by atoms with Crippen molar-refractivity contribution in [2.24, 2.45) is 0 Å². The maximum atomic E-state index is 5.47. The second-order valence-electron chi connectivity index (χ2n) is 7.36. The first-order valence-electron chi connectivity index (χ1n) is 11.0. The minimum atomic E-state index is 0.196. The van der Waals surface area contributed by atoms with Crippen molar-refractivity contribution in [1.29, 1.82) is 0 Å². The molecule has 0 saturated heterocycles. The van der Waals surface area contributed by atoms with Crippen LogP contribution in [-0.2, 0) is 0 Å². The summed E-state index contributed by atoms with van der Waals surface area (Å²) >= 11 is 0. The third-order valence-corrected chi connectivity index (χ3v) is 4.94. The summed E-state index contributed by atoms with van der Waals surface area (Å²) in [6.45, 7) is 0.588. The van der Waals surface area contributed by atoms with E-state index in [2.05, 4.69) is 17.8 Å². The Hall–Kier alpha value is -5.25. The molecular formula is C30H21N3O3. The summed E-state index contributed by atoms with van der Waals surface area (Å²) in [7, 11) is 0. The average molecular weight is 472 g/mol. The van der Waals surface area contributed by atoms with Crippen LogP contribution in [0.2, 0.25) is 0 Å². The number of nitrogens with zero attached hydrogens (tertiary/aromatic N) is 3. The van der Waals surface area contributed by atoms with Crippen molar-refractivity contribution in [1.82, 2.24) is 15.0 Å². The molecule has 0 unspecified atom stereocenters. The molecule has 0 radical (unpaired) electrons. The Labute approximate surface area is 210 Å². The molecule has 0 atom stereocenters. The summed E-state index contributed by atoms with van der Waals surface area (Å²) < 4.78 is 16.4. The SMILES string of the molecule is C#CCOc1ccc(-c2nc(-c3ccc(OCC#C)cc3)nc(-c3ccc(OCC#C)cc3)n2)cc1. The molecule has 3 aromatic carbocycles. The van der Waals surface area contributed by atoms with Crippen LogP contribution in [0.25, 0.3) is 34.2 Å². The number of terminal acetylenes is 3. The van der Waals surface area contributed by atoms with Crippen molar-refractivity contribution in [2.45, 2.75) is 0 Å². The van der Waals surface area contributed by atoms with Crippen LogP contribution >= 0.6 is 0 Å². The fourth-order valence-electron chi connectivity index (χ4n) is 3.24. The van der Waals surface area contributed by atoms with Gasteiger partial charge in [-0.15, -0.1) is 19.3 Å². The maximum Gasteiger partial charge on any atom is 0.164 e. The van der Waals surface area contributed by atoms with E-state index in [1.54, 1.807) is 0 Å². The van der Waals surface area contributed by atoms with Gasteiger partial charge in [0.2, 0.25) is 0 Å². The molecule has 0 fully saturated rings. The second kappa shape index (κ2) is 11.7. The van der Waals surface area contributed by atoms with E-state index in [9.17, 15) is 0 Å². The number of benzene rings is 3. The highest BCUT2D eigenvalue weighted by Gasteiger charge is 2.13. The van der Waals surface area contributed by atoms with E-state index >= 15 is 0 Å². The highest BCUT2D eigenvalue weighted by atomic mass is 16.5. The van der Waals surface area contributed by atoms with Crippen LogP contribution in [0.3, 0.4) is 0 Å².